The average molecular weight is 159 g/mol. The van der Waals surface area contributed by atoms with Crippen molar-refractivity contribution in [1.29, 1.82) is 0 Å². The Morgan fingerprint density at radius 1 is 1.40 bits per heavy atom. The largest absolute Gasteiger partial charge is 0.298 e. The second-order valence-electron chi connectivity index (χ2n) is 2.09. The summed E-state index contributed by atoms with van der Waals surface area (Å²) in [7, 11) is 0. The number of rotatable bonds is 3. The number of hydrogen-bond donors (Lipinski definition) is 0. The number of carbonyl (C=O) groups is 1. The van der Waals surface area contributed by atoms with Crippen LogP contribution in [-0.4, -0.2) is 6.29 Å². The first-order valence-electron chi connectivity index (χ1n) is 3.11. The van der Waals surface area contributed by atoms with Gasteiger partial charge in [-0.05, 0) is 25.8 Å². The van der Waals surface area contributed by atoms with Crippen LogP contribution in [0.3, 0.4) is 0 Å². The standard InChI is InChI=1S/C8H11ClO/c1-7(6-10)4-3-5-8(2)9/h4-6H,3H2,1-2H3/b7-4+,8-5-. The van der Waals surface area contributed by atoms with E-state index in [0.717, 1.165) is 23.3 Å². The lowest BCUT2D eigenvalue weighted by Crippen LogP contribution is -1.74. The molecule has 0 fully saturated rings. The van der Waals surface area contributed by atoms with Gasteiger partial charge in [0.2, 0.25) is 0 Å². The molecule has 0 spiro atoms. The van der Waals surface area contributed by atoms with Crippen molar-refractivity contribution in [2.45, 2.75) is 20.3 Å². The summed E-state index contributed by atoms with van der Waals surface area (Å²) in [5, 5.41) is 0.759. The maximum absolute atomic E-state index is 10.1. The maximum atomic E-state index is 10.1. The molecule has 0 aromatic heterocycles. The van der Waals surface area contributed by atoms with Gasteiger partial charge in [-0.15, -0.1) is 0 Å². The zero-order valence-corrected chi connectivity index (χ0v) is 6.98. The summed E-state index contributed by atoms with van der Waals surface area (Å²) in [5.41, 5.74) is 0.745. The Morgan fingerprint density at radius 3 is 2.40 bits per heavy atom. The lowest BCUT2D eigenvalue weighted by atomic mass is 10.2. The van der Waals surface area contributed by atoms with E-state index in [-0.39, 0.29) is 0 Å². The van der Waals surface area contributed by atoms with Crippen molar-refractivity contribution in [1.82, 2.24) is 0 Å². The predicted molar refractivity (Wildman–Crippen MR) is 44.0 cm³/mol. The Balaban J connectivity index is 3.74. The molecule has 0 rings (SSSR count). The minimum Gasteiger partial charge on any atom is -0.298 e. The molecule has 56 valence electrons. The fourth-order valence-corrected chi connectivity index (χ4v) is 0.544. The van der Waals surface area contributed by atoms with E-state index < -0.39 is 0 Å². The Bertz CT molecular complexity index is 164. The summed E-state index contributed by atoms with van der Waals surface area (Å²) in [6.07, 6.45) is 5.25. The lowest BCUT2D eigenvalue weighted by Gasteiger charge is -1.85. The highest BCUT2D eigenvalue weighted by Crippen LogP contribution is 2.01. The third-order valence-corrected chi connectivity index (χ3v) is 1.18. The minimum atomic E-state index is 0.736. The molecule has 0 aromatic carbocycles. The number of carbonyl (C=O) groups excluding carboxylic acids is 1. The molecule has 1 nitrogen and oxygen atoms in total. The van der Waals surface area contributed by atoms with Crippen molar-refractivity contribution in [3.05, 3.63) is 22.8 Å². The van der Waals surface area contributed by atoms with Gasteiger partial charge in [0, 0.05) is 5.03 Å². The van der Waals surface area contributed by atoms with Crippen LogP contribution in [-0.2, 0) is 4.79 Å². The summed E-state index contributed by atoms with van der Waals surface area (Å²) >= 11 is 5.55. The molecule has 0 heterocycles. The number of halogens is 1. The first-order valence-corrected chi connectivity index (χ1v) is 3.49. The molecule has 0 aliphatic heterocycles. The smallest absolute Gasteiger partial charge is 0.145 e. The van der Waals surface area contributed by atoms with Gasteiger partial charge in [0.1, 0.15) is 6.29 Å². The molecule has 10 heavy (non-hydrogen) atoms. The van der Waals surface area contributed by atoms with Crippen molar-refractivity contribution >= 4 is 17.9 Å². The molecule has 2 heteroatoms. The first-order chi connectivity index (χ1) is 4.66. The highest BCUT2D eigenvalue weighted by Gasteiger charge is 1.81. The summed E-state index contributed by atoms with van der Waals surface area (Å²) in [6.45, 7) is 3.58. The van der Waals surface area contributed by atoms with E-state index in [2.05, 4.69) is 0 Å². The van der Waals surface area contributed by atoms with Crippen LogP contribution in [0.2, 0.25) is 0 Å². The third-order valence-electron chi connectivity index (χ3n) is 1.02. The second-order valence-corrected chi connectivity index (χ2v) is 2.69. The number of hydrogen-bond acceptors (Lipinski definition) is 1. The van der Waals surface area contributed by atoms with Gasteiger partial charge in [0.25, 0.3) is 0 Å². The number of aldehydes is 1. The van der Waals surface area contributed by atoms with E-state index in [1.165, 1.54) is 0 Å². The van der Waals surface area contributed by atoms with E-state index in [9.17, 15) is 4.79 Å². The van der Waals surface area contributed by atoms with Gasteiger partial charge in [-0.25, -0.2) is 0 Å². The predicted octanol–water partition coefficient (Wildman–Crippen LogP) is 2.66. The van der Waals surface area contributed by atoms with Crippen molar-refractivity contribution in [2.75, 3.05) is 0 Å². The summed E-state index contributed by atoms with van der Waals surface area (Å²) in [6, 6.07) is 0. The number of allylic oxidation sites excluding steroid dienone is 4. The molecule has 0 saturated heterocycles. The monoisotopic (exact) mass is 158 g/mol. The van der Waals surface area contributed by atoms with E-state index in [4.69, 9.17) is 11.6 Å². The molecular weight excluding hydrogens is 148 g/mol. The van der Waals surface area contributed by atoms with E-state index in [0.29, 0.717) is 0 Å². The molecule has 0 unspecified atom stereocenters. The van der Waals surface area contributed by atoms with Gasteiger partial charge in [0.05, 0.1) is 0 Å². The zero-order chi connectivity index (χ0) is 7.98. The lowest BCUT2D eigenvalue weighted by molar-refractivity contribution is -0.104. The van der Waals surface area contributed by atoms with Crippen LogP contribution in [0, 0.1) is 0 Å². The maximum Gasteiger partial charge on any atom is 0.145 e. The zero-order valence-electron chi connectivity index (χ0n) is 6.23. The van der Waals surface area contributed by atoms with E-state index >= 15 is 0 Å². The van der Waals surface area contributed by atoms with Gasteiger partial charge in [-0.3, -0.25) is 4.79 Å². The molecule has 0 aromatic rings. The fraction of sp³-hybridized carbons (Fsp3) is 0.375. The van der Waals surface area contributed by atoms with Gasteiger partial charge < -0.3 is 0 Å². The van der Waals surface area contributed by atoms with Gasteiger partial charge in [0.15, 0.2) is 0 Å². The third kappa shape index (κ3) is 5.57. The molecule has 0 radical (unpaired) electrons. The van der Waals surface area contributed by atoms with E-state index in [1.807, 2.05) is 19.1 Å². The van der Waals surface area contributed by atoms with Crippen LogP contribution in [0.25, 0.3) is 0 Å². The SMILES string of the molecule is C/C(Cl)=C/C/C=C(\C)C=O. The summed E-state index contributed by atoms with van der Waals surface area (Å²) in [4.78, 5) is 10.1. The highest BCUT2D eigenvalue weighted by atomic mass is 35.5. The molecule has 0 aliphatic carbocycles. The molecule has 0 atom stereocenters. The van der Waals surface area contributed by atoms with Gasteiger partial charge in [-0.1, -0.05) is 23.8 Å². The van der Waals surface area contributed by atoms with Gasteiger partial charge >= 0.3 is 0 Å². The van der Waals surface area contributed by atoms with Crippen molar-refractivity contribution < 1.29 is 4.79 Å². The molecule has 0 aliphatic rings. The average Bonchev–Trinajstić information content (AvgIpc) is 1.87. The molecule has 0 bridgehead atoms. The topological polar surface area (TPSA) is 17.1 Å². The molecular formula is C8H11ClO. The van der Waals surface area contributed by atoms with Crippen LogP contribution < -0.4 is 0 Å². The van der Waals surface area contributed by atoms with Crippen molar-refractivity contribution in [3.63, 3.8) is 0 Å². The van der Waals surface area contributed by atoms with Crippen LogP contribution in [0.5, 0.6) is 0 Å². The van der Waals surface area contributed by atoms with Crippen molar-refractivity contribution in [2.24, 2.45) is 0 Å². The normalized spacial score (nSPS) is 13.5. The Labute approximate surface area is 66.4 Å². The summed E-state index contributed by atoms with van der Waals surface area (Å²) < 4.78 is 0. The first kappa shape index (κ1) is 9.44. The van der Waals surface area contributed by atoms with Crippen molar-refractivity contribution in [3.8, 4) is 0 Å². The Hall–Kier alpha value is -0.560. The molecule has 0 amide bonds. The quantitative estimate of drug-likeness (QED) is 0.456. The molecule has 0 N–H and O–H groups in total. The van der Waals surface area contributed by atoms with Gasteiger partial charge in [-0.2, -0.15) is 0 Å². The van der Waals surface area contributed by atoms with Crippen LogP contribution in [0.1, 0.15) is 20.3 Å². The second kappa shape index (κ2) is 5.24. The van der Waals surface area contributed by atoms with Crippen LogP contribution in [0.15, 0.2) is 22.8 Å². The minimum absolute atomic E-state index is 0.736. The van der Waals surface area contributed by atoms with E-state index in [1.54, 1.807) is 6.92 Å². The van der Waals surface area contributed by atoms with Crippen LogP contribution >= 0.6 is 11.6 Å². The highest BCUT2D eigenvalue weighted by molar-refractivity contribution is 6.29. The van der Waals surface area contributed by atoms with Crippen LogP contribution in [0.4, 0.5) is 0 Å². The summed E-state index contributed by atoms with van der Waals surface area (Å²) in [5.74, 6) is 0. The Kier molecular flexibility index (Phi) is 4.95. The molecule has 0 saturated carbocycles. The fourth-order valence-electron chi connectivity index (χ4n) is 0.455. The Morgan fingerprint density at radius 2 is 2.00 bits per heavy atom.